The highest BCUT2D eigenvalue weighted by Gasteiger charge is 2.38. The van der Waals surface area contributed by atoms with E-state index in [1.807, 2.05) is 27.7 Å². The smallest absolute Gasteiger partial charge is 0.374 e. The summed E-state index contributed by atoms with van der Waals surface area (Å²) in [4.78, 5) is 0. The van der Waals surface area contributed by atoms with Crippen LogP contribution in [0.2, 0.25) is 0 Å². The fraction of sp³-hybridized carbons (Fsp3) is 1.00. The van der Waals surface area contributed by atoms with Gasteiger partial charge in [-0.15, -0.1) is 0 Å². The first-order valence-electron chi connectivity index (χ1n) is 7.29. The summed E-state index contributed by atoms with van der Waals surface area (Å²) in [6, 6.07) is -0.246. The van der Waals surface area contributed by atoms with E-state index in [-0.39, 0.29) is 12.5 Å². The largest absolute Gasteiger partial charge is 0.389 e. The zero-order chi connectivity index (χ0) is 14.9. The first-order chi connectivity index (χ1) is 8.85. The van der Waals surface area contributed by atoms with Crippen molar-refractivity contribution in [1.29, 1.82) is 0 Å². The average Bonchev–Trinajstić information content (AvgIpc) is 2.35. The molecule has 0 aliphatic heterocycles. The molecule has 5 heteroatoms. The molecule has 19 heavy (non-hydrogen) atoms. The van der Waals surface area contributed by atoms with Gasteiger partial charge in [0.05, 0.1) is 5.60 Å². The van der Waals surface area contributed by atoms with E-state index in [1.54, 1.807) is 0 Å². The van der Waals surface area contributed by atoms with Crippen LogP contribution in [0.5, 0.6) is 0 Å². The molecule has 0 saturated heterocycles. The molecule has 0 fully saturated rings. The van der Waals surface area contributed by atoms with Crippen LogP contribution in [0.15, 0.2) is 0 Å². The average molecular weight is 283 g/mol. The number of hydrogen-bond donors (Lipinski definition) is 1. The van der Waals surface area contributed by atoms with Gasteiger partial charge in [0.2, 0.25) is 0 Å². The van der Waals surface area contributed by atoms with Crippen LogP contribution in [0.1, 0.15) is 59.8 Å². The molecule has 0 bridgehead atoms. The maximum atomic E-state index is 12.5. The maximum Gasteiger partial charge on any atom is 0.389 e. The zero-order valence-electron chi connectivity index (χ0n) is 12.6. The molecule has 0 amide bonds. The van der Waals surface area contributed by atoms with Gasteiger partial charge < -0.3 is 10.1 Å². The molecule has 0 aromatic rings. The van der Waals surface area contributed by atoms with Gasteiger partial charge in [-0.2, -0.15) is 13.2 Å². The lowest BCUT2D eigenvalue weighted by molar-refractivity contribution is -0.143. The highest BCUT2D eigenvalue weighted by molar-refractivity contribution is 4.92. The summed E-state index contributed by atoms with van der Waals surface area (Å²) >= 11 is 0. The van der Waals surface area contributed by atoms with Crippen molar-refractivity contribution < 1.29 is 17.9 Å². The minimum Gasteiger partial charge on any atom is -0.374 e. The predicted octanol–water partition coefficient (Wildman–Crippen LogP) is 4.29. The second kappa shape index (κ2) is 8.80. The molecule has 1 N–H and O–H groups in total. The molecule has 0 heterocycles. The van der Waals surface area contributed by atoms with E-state index >= 15 is 0 Å². The fourth-order valence-electron chi connectivity index (χ4n) is 2.51. The second-order valence-corrected chi connectivity index (χ2v) is 4.87. The van der Waals surface area contributed by atoms with Crippen molar-refractivity contribution in [2.75, 3.05) is 13.2 Å². The minimum absolute atomic E-state index is 0.0746. The lowest BCUT2D eigenvalue weighted by Gasteiger charge is -2.40. The van der Waals surface area contributed by atoms with Gasteiger partial charge >= 0.3 is 6.18 Å². The SMILES string of the molecule is CCCNC(CCC(F)(F)F)C(CC)(CC)OCC. The normalized spacial score (nSPS) is 14.7. The van der Waals surface area contributed by atoms with Gasteiger partial charge in [-0.25, -0.2) is 0 Å². The Morgan fingerprint density at radius 2 is 1.63 bits per heavy atom. The lowest BCUT2D eigenvalue weighted by Crippen LogP contribution is -2.52. The summed E-state index contributed by atoms with van der Waals surface area (Å²) in [5.74, 6) is 0. The second-order valence-electron chi connectivity index (χ2n) is 4.87. The molecule has 1 atom stereocenters. The van der Waals surface area contributed by atoms with Crippen molar-refractivity contribution in [3.63, 3.8) is 0 Å². The Hall–Kier alpha value is -0.290. The van der Waals surface area contributed by atoms with Crippen LogP contribution >= 0.6 is 0 Å². The van der Waals surface area contributed by atoms with Gasteiger partial charge in [-0.3, -0.25) is 0 Å². The molecule has 0 radical (unpaired) electrons. The van der Waals surface area contributed by atoms with Crippen molar-refractivity contribution in [2.45, 2.75) is 77.6 Å². The van der Waals surface area contributed by atoms with Crippen LogP contribution < -0.4 is 5.32 Å². The molecule has 0 aliphatic carbocycles. The van der Waals surface area contributed by atoms with Crippen LogP contribution in [0.4, 0.5) is 13.2 Å². The van der Waals surface area contributed by atoms with Crippen LogP contribution in [0.3, 0.4) is 0 Å². The van der Waals surface area contributed by atoms with E-state index in [0.29, 0.717) is 6.61 Å². The fourth-order valence-corrected chi connectivity index (χ4v) is 2.51. The van der Waals surface area contributed by atoms with Crippen molar-refractivity contribution in [1.82, 2.24) is 5.32 Å². The third-order valence-corrected chi connectivity index (χ3v) is 3.62. The molecule has 0 spiro atoms. The van der Waals surface area contributed by atoms with Gasteiger partial charge in [0, 0.05) is 19.1 Å². The van der Waals surface area contributed by atoms with E-state index in [2.05, 4.69) is 5.32 Å². The van der Waals surface area contributed by atoms with Crippen LogP contribution in [-0.2, 0) is 4.74 Å². The Morgan fingerprint density at radius 3 is 2.00 bits per heavy atom. The molecule has 0 aromatic heterocycles. The predicted molar refractivity (Wildman–Crippen MR) is 72.3 cm³/mol. The van der Waals surface area contributed by atoms with Crippen LogP contribution in [-0.4, -0.2) is 31.0 Å². The minimum atomic E-state index is -4.11. The third kappa shape index (κ3) is 6.61. The Balaban J connectivity index is 4.84. The Labute approximate surface area is 115 Å². The monoisotopic (exact) mass is 283 g/mol. The number of rotatable bonds is 10. The summed E-state index contributed by atoms with van der Waals surface area (Å²) < 4.78 is 43.2. The zero-order valence-corrected chi connectivity index (χ0v) is 12.6. The van der Waals surface area contributed by atoms with Gasteiger partial charge in [0.25, 0.3) is 0 Å². The molecule has 1 unspecified atom stereocenters. The number of alkyl halides is 3. The highest BCUT2D eigenvalue weighted by atomic mass is 19.4. The quantitative estimate of drug-likeness (QED) is 0.645. The van der Waals surface area contributed by atoms with E-state index in [4.69, 9.17) is 4.74 Å². The first-order valence-corrected chi connectivity index (χ1v) is 7.29. The van der Waals surface area contributed by atoms with Gasteiger partial charge in [-0.05, 0) is 39.2 Å². The molecule has 0 aliphatic rings. The van der Waals surface area contributed by atoms with Crippen LogP contribution in [0, 0.1) is 0 Å². The molecular weight excluding hydrogens is 255 g/mol. The molecular formula is C14H28F3NO. The Bertz CT molecular complexity index is 227. The standard InChI is InChI=1S/C14H28F3NO/c1-5-11-18-12(9-10-14(15,16)17)13(6-2,7-3)19-8-4/h12,18H,5-11H2,1-4H3. The van der Waals surface area contributed by atoms with E-state index in [9.17, 15) is 13.2 Å². The number of nitrogens with one attached hydrogen (secondary N) is 1. The molecule has 2 nitrogen and oxygen atoms in total. The summed E-state index contributed by atoms with van der Waals surface area (Å²) in [5.41, 5.74) is -0.491. The van der Waals surface area contributed by atoms with Crippen LogP contribution in [0.25, 0.3) is 0 Å². The number of ether oxygens (including phenoxy) is 1. The van der Waals surface area contributed by atoms with E-state index in [1.165, 1.54) is 0 Å². The molecule has 0 saturated carbocycles. The summed E-state index contributed by atoms with van der Waals surface area (Å²) in [6.07, 6.45) is -2.45. The van der Waals surface area contributed by atoms with E-state index in [0.717, 1.165) is 25.8 Å². The molecule has 0 aromatic carbocycles. The van der Waals surface area contributed by atoms with Gasteiger partial charge in [0.1, 0.15) is 0 Å². The van der Waals surface area contributed by atoms with E-state index < -0.39 is 18.2 Å². The molecule has 116 valence electrons. The Kier molecular flexibility index (Phi) is 8.66. The van der Waals surface area contributed by atoms with Crippen molar-refractivity contribution in [3.05, 3.63) is 0 Å². The lowest BCUT2D eigenvalue weighted by atomic mass is 9.85. The summed E-state index contributed by atoms with van der Waals surface area (Å²) in [6.45, 7) is 9.10. The van der Waals surface area contributed by atoms with Gasteiger partial charge in [-0.1, -0.05) is 20.8 Å². The topological polar surface area (TPSA) is 21.3 Å². The van der Waals surface area contributed by atoms with Gasteiger partial charge in [0.15, 0.2) is 0 Å². The highest BCUT2D eigenvalue weighted by Crippen LogP contribution is 2.31. The number of hydrogen-bond acceptors (Lipinski definition) is 2. The van der Waals surface area contributed by atoms with Crippen molar-refractivity contribution in [3.8, 4) is 0 Å². The van der Waals surface area contributed by atoms with Crippen molar-refractivity contribution in [2.24, 2.45) is 0 Å². The molecule has 0 rings (SSSR count). The summed E-state index contributed by atoms with van der Waals surface area (Å²) in [7, 11) is 0. The summed E-state index contributed by atoms with van der Waals surface area (Å²) in [5, 5.41) is 3.24. The van der Waals surface area contributed by atoms with Crippen molar-refractivity contribution >= 4 is 0 Å². The third-order valence-electron chi connectivity index (χ3n) is 3.62. The Morgan fingerprint density at radius 1 is 1.05 bits per heavy atom. The number of halogens is 3. The first kappa shape index (κ1) is 18.7. The maximum absolute atomic E-state index is 12.5.